The first-order chi connectivity index (χ1) is 13.3. The van der Waals surface area contributed by atoms with Gasteiger partial charge in [0, 0.05) is 12.1 Å². The zero-order valence-electron chi connectivity index (χ0n) is 16.2. The molecule has 0 bridgehead atoms. The highest BCUT2D eigenvalue weighted by Crippen LogP contribution is 2.34. The van der Waals surface area contributed by atoms with Crippen LogP contribution in [0.15, 0.2) is 18.2 Å². The largest absolute Gasteiger partial charge is 0.433 e. The van der Waals surface area contributed by atoms with Crippen LogP contribution in [0.1, 0.15) is 52.1 Å². The van der Waals surface area contributed by atoms with Crippen LogP contribution < -0.4 is 10.6 Å². The van der Waals surface area contributed by atoms with Gasteiger partial charge in [0.05, 0.1) is 0 Å². The zero-order valence-corrected chi connectivity index (χ0v) is 16.2. The number of rotatable bonds is 8. The molecule has 1 aliphatic carbocycles. The maximum atomic E-state index is 13.0. The monoisotopic (exact) mass is 394 g/mol. The maximum absolute atomic E-state index is 13.0. The molecule has 2 heterocycles. The molecule has 2 atom stereocenters. The second-order valence-corrected chi connectivity index (χ2v) is 7.32. The highest BCUT2D eigenvalue weighted by atomic mass is 19.4. The first kappa shape index (κ1) is 20.3. The fourth-order valence-corrected chi connectivity index (χ4v) is 2.98. The van der Waals surface area contributed by atoms with Gasteiger partial charge in [-0.1, -0.05) is 19.4 Å². The van der Waals surface area contributed by atoms with Gasteiger partial charge in [-0.25, -0.2) is 4.98 Å². The van der Waals surface area contributed by atoms with E-state index in [9.17, 15) is 13.2 Å². The van der Waals surface area contributed by atoms with Crippen LogP contribution in [0.25, 0.3) is 11.5 Å². The van der Waals surface area contributed by atoms with Gasteiger partial charge in [-0.3, -0.25) is 0 Å². The van der Waals surface area contributed by atoms with Crippen LogP contribution >= 0.6 is 0 Å². The first-order valence-corrected chi connectivity index (χ1v) is 9.60. The van der Waals surface area contributed by atoms with E-state index < -0.39 is 11.9 Å². The maximum Gasteiger partial charge on any atom is 0.433 e. The summed E-state index contributed by atoms with van der Waals surface area (Å²) in [7, 11) is 0. The van der Waals surface area contributed by atoms with Crippen LogP contribution in [0.3, 0.4) is 0 Å². The second kappa shape index (κ2) is 8.28. The van der Waals surface area contributed by atoms with Crippen LogP contribution in [0.5, 0.6) is 0 Å². The zero-order chi connectivity index (χ0) is 20.3. The highest BCUT2D eigenvalue weighted by molar-refractivity contribution is 5.54. The van der Waals surface area contributed by atoms with Gasteiger partial charge in [-0.15, -0.1) is 0 Å². The number of aromatic nitrogens is 4. The molecule has 0 spiro atoms. The predicted molar refractivity (Wildman–Crippen MR) is 102 cm³/mol. The molecule has 0 amide bonds. The van der Waals surface area contributed by atoms with E-state index >= 15 is 0 Å². The lowest BCUT2D eigenvalue weighted by Crippen LogP contribution is -2.22. The molecule has 1 aliphatic rings. The number of alkyl halides is 3. The fraction of sp³-hybridized carbons (Fsp3) is 0.579. The van der Waals surface area contributed by atoms with Crippen LogP contribution in [0.2, 0.25) is 0 Å². The van der Waals surface area contributed by atoms with Crippen molar-refractivity contribution in [3.05, 3.63) is 23.9 Å². The third kappa shape index (κ3) is 5.30. The van der Waals surface area contributed by atoms with Crippen molar-refractivity contribution in [1.82, 2.24) is 19.9 Å². The smallest absolute Gasteiger partial charge is 0.352 e. The van der Waals surface area contributed by atoms with Crippen LogP contribution in [0, 0.1) is 5.92 Å². The Morgan fingerprint density at radius 2 is 1.71 bits per heavy atom. The third-order valence-corrected chi connectivity index (χ3v) is 4.69. The topological polar surface area (TPSA) is 75.6 Å². The van der Waals surface area contributed by atoms with Gasteiger partial charge in [0.1, 0.15) is 11.4 Å². The average molecular weight is 394 g/mol. The average Bonchev–Trinajstić information content (AvgIpc) is 3.46. The summed E-state index contributed by atoms with van der Waals surface area (Å²) in [5.41, 5.74) is -0.911. The van der Waals surface area contributed by atoms with Gasteiger partial charge < -0.3 is 10.6 Å². The van der Waals surface area contributed by atoms with Crippen LogP contribution in [-0.2, 0) is 6.18 Å². The molecular formula is C19H25F3N6. The van der Waals surface area contributed by atoms with E-state index in [1.165, 1.54) is 12.1 Å². The second-order valence-electron chi connectivity index (χ2n) is 7.32. The molecule has 1 fully saturated rings. The molecule has 6 nitrogen and oxygen atoms in total. The van der Waals surface area contributed by atoms with E-state index in [1.807, 2.05) is 6.92 Å². The molecule has 28 heavy (non-hydrogen) atoms. The number of hydrogen-bond donors (Lipinski definition) is 2. The van der Waals surface area contributed by atoms with Gasteiger partial charge in [0.2, 0.25) is 11.9 Å². The van der Waals surface area contributed by atoms with E-state index in [1.54, 1.807) is 0 Å². The Morgan fingerprint density at radius 3 is 2.32 bits per heavy atom. The summed E-state index contributed by atoms with van der Waals surface area (Å²) >= 11 is 0. The van der Waals surface area contributed by atoms with Crippen molar-refractivity contribution in [2.24, 2.45) is 5.92 Å². The number of halogens is 3. The van der Waals surface area contributed by atoms with E-state index in [0.717, 1.165) is 31.7 Å². The number of nitrogens with one attached hydrogen (secondary N) is 2. The lowest BCUT2D eigenvalue weighted by Gasteiger charge is -2.17. The minimum absolute atomic E-state index is 0.0607. The standard InChI is InChI=1S/C19H25F3N6/c1-4-6-11(2)23-17-26-16(14-7-5-8-15(25-14)19(20,21)22)27-18(28-17)24-12(3)13-9-10-13/h5,7-8,11-13H,4,6,9-10H2,1-3H3,(H2,23,24,26,27,28)/t11?,12-/m1/s1. The number of pyridine rings is 1. The molecule has 0 aliphatic heterocycles. The molecule has 2 N–H and O–H groups in total. The van der Waals surface area contributed by atoms with Gasteiger partial charge in [-0.2, -0.15) is 28.1 Å². The Bertz CT molecular complexity index is 806. The first-order valence-electron chi connectivity index (χ1n) is 9.60. The van der Waals surface area contributed by atoms with E-state index in [4.69, 9.17) is 0 Å². The summed E-state index contributed by atoms with van der Waals surface area (Å²) in [6.45, 7) is 6.14. The van der Waals surface area contributed by atoms with E-state index in [2.05, 4.69) is 44.4 Å². The van der Waals surface area contributed by atoms with Crippen molar-refractivity contribution in [3.63, 3.8) is 0 Å². The summed E-state index contributed by atoms with van der Waals surface area (Å²) in [6, 6.07) is 4.02. The third-order valence-electron chi connectivity index (χ3n) is 4.69. The minimum atomic E-state index is -4.53. The molecule has 3 rings (SSSR count). The molecular weight excluding hydrogens is 369 g/mol. The summed E-state index contributed by atoms with van der Waals surface area (Å²) in [6.07, 6.45) is -0.309. The Balaban J connectivity index is 1.94. The quantitative estimate of drug-likeness (QED) is 0.672. The Morgan fingerprint density at radius 1 is 1.04 bits per heavy atom. The lowest BCUT2D eigenvalue weighted by atomic mass is 10.2. The number of hydrogen-bond acceptors (Lipinski definition) is 6. The molecule has 1 saturated carbocycles. The van der Waals surface area contributed by atoms with Crippen molar-refractivity contribution in [1.29, 1.82) is 0 Å². The molecule has 2 aromatic rings. The minimum Gasteiger partial charge on any atom is -0.352 e. The lowest BCUT2D eigenvalue weighted by molar-refractivity contribution is -0.141. The SMILES string of the molecule is CCCC(C)Nc1nc(N[C@H](C)C2CC2)nc(-c2cccc(C(F)(F)F)n2)n1. The molecule has 9 heteroatoms. The van der Waals surface area contributed by atoms with Crippen molar-refractivity contribution in [2.75, 3.05) is 10.6 Å². The van der Waals surface area contributed by atoms with E-state index in [0.29, 0.717) is 17.8 Å². The summed E-state index contributed by atoms with van der Waals surface area (Å²) < 4.78 is 39.1. The molecule has 2 aromatic heterocycles. The normalized spacial score (nSPS) is 16.5. The Hall–Kier alpha value is -2.45. The van der Waals surface area contributed by atoms with Crippen molar-refractivity contribution < 1.29 is 13.2 Å². The van der Waals surface area contributed by atoms with Gasteiger partial charge in [0.25, 0.3) is 0 Å². The molecule has 0 radical (unpaired) electrons. The molecule has 152 valence electrons. The molecule has 0 saturated heterocycles. The summed E-state index contributed by atoms with van der Waals surface area (Å²) in [5.74, 6) is 1.35. The van der Waals surface area contributed by atoms with Crippen LogP contribution in [-0.4, -0.2) is 32.0 Å². The highest BCUT2D eigenvalue weighted by Gasteiger charge is 2.33. The number of anilines is 2. The molecule has 1 unspecified atom stereocenters. The van der Waals surface area contributed by atoms with Crippen molar-refractivity contribution in [2.45, 2.75) is 64.7 Å². The summed E-state index contributed by atoms with van der Waals surface area (Å²) in [5, 5.41) is 6.46. The molecule has 0 aromatic carbocycles. The van der Waals surface area contributed by atoms with E-state index in [-0.39, 0.29) is 23.6 Å². The Kier molecular flexibility index (Phi) is 6.00. The van der Waals surface area contributed by atoms with Crippen molar-refractivity contribution in [3.8, 4) is 11.5 Å². The van der Waals surface area contributed by atoms with Gasteiger partial charge >= 0.3 is 6.18 Å². The Labute approximate surface area is 162 Å². The number of nitrogens with zero attached hydrogens (tertiary/aromatic N) is 4. The fourth-order valence-electron chi connectivity index (χ4n) is 2.98. The van der Waals surface area contributed by atoms with Gasteiger partial charge in [-0.05, 0) is 51.2 Å². The predicted octanol–water partition coefficient (Wildman–Crippen LogP) is 4.76. The van der Waals surface area contributed by atoms with Crippen molar-refractivity contribution >= 4 is 11.9 Å². The van der Waals surface area contributed by atoms with Crippen LogP contribution in [0.4, 0.5) is 25.1 Å². The van der Waals surface area contributed by atoms with Gasteiger partial charge in [0.15, 0.2) is 5.82 Å². The summed E-state index contributed by atoms with van der Waals surface area (Å²) in [4.78, 5) is 16.8.